The summed E-state index contributed by atoms with van der Waals surface area (Å²) in [5.41, 5.74) is 1.44. The number of Topliss-reactive ketones (excluding diaryl/α,β-unsaturated/α-hetero) is 1. The summed E-state index contributed by atoms with van der Waals surface area (Å²) in [6.07, 6.45) is 13.4. The summed E-state index contributed by atoms with van der Waals surface area (Å²) in [6.45, 7) is 0. The van der Waals surface area contributed by atoms with E-state index in [1.165, 1.54) is 0 Å². The lowest BCUT2D eigenvalue weighted by atomic mass is 10.0. The maximum atomic E-state index is 11.9. The molecule has 16 heavy (non-hydrogen) atoms. The van der Waals surface area contributed by atoms with E-state index < -0.39 is 0 Å². The predicted molar refractivity (Wildman–Crippen MR) is 61.8 cm³/mol. The first-order chi connectivity index (χ1) is 7.72. The molecule has 2 nitrogen and oxygen atoms in total. The lowest BCUT2D eigenvalue weighted by Crippen LogP contribution is -2.03. The van der Waals surface area contributed by atoms with Crippen LogP contribution in [-0.2, 0) is 0 Å². The minimum atomic E-state index is 0.109. The highest BCUT2D eigenvalue weighted by atomic mass is 16.1. The number of hydrogen-bond donors (Lipinski definition) is 0. The average Bonchev–Trinajstić information content (AvgIpc) is 3.12. The van der Waals surface area contributed by atoms with Gasteiger partial charge in [0.25, 0.3) is 0 Å². The van der Waals surface area contributed by atoms with Crippen LogP contribution >= 0.6 is 0 Å². The zero-order chi connectivity index (χ0) is 11.5. The fraction of sp³-hybridized carbons (Fsp3) is 0.286. The van der Waals surface area contributed by atoms with Crippen molar-refractivity contribution >= 4 is 5.78 Å². The van der Waals surface area contributed by atoms with E-state index in [9.17, 15) is 4.79 Å². The second-order valence-corrected chi connectivity index (χ2v) is 3.99. The molecule has 0 radical (unpaired) electrons. The van der Waals surface area contributed by atoms with Gasteiger partial charge in [-0.05, 0) is 30.9 Å². The van der Waals surface area contributed by atoms with Gasteiger partial charge in [-0.2, -0.15) is 0 Å². The van der Waals surface area contributed by atoms with Crippen LogP contribution in [0.3, 0.4) is 0 Å². The molecule has 0 bridgehead atoms. The Hall–Kier alpha value is -2.06. The van der Waals surface area contributed by atoms with Crippen LogP contribution in [0.5, 0.6) is 0 Å². The number of hydrogen-bond acceptors (Lipinski definition) is 2. The van der Waals surface area contributed by atoms with Gasteiger partial charge in [-0.25, -0.2) is 4.98 Å². The average molecular weight is 209 g/mol. The number of nitrogens with zero attached hydrogens (tertiary/aromatic N) is 1. The van der Waals surface area contributed by atoms with Crippen LogP contribution < -0.4 is 0 Å². The topological polar surface area (TPSA) is 30.0 Å². The number of pyridine rings is 1. The molecule has 1 fully saturated rings. The number of ketones is 1. The molecule has 2 heteroatoms. The smallest absolute Gasteiger partial charge is 0.163 e. The van der Waals surface area contributed by atoms with Crippen LogP contribution in [-0.4, -0.2) is 10.8 Å². The summed E-state index contributed by atoms with van der Waals surface area (Å²) in [5.74, 6) is 5.48. The molecule has 0 N–H and O–H groups in total. The third kappa shape index (κ3) is 2.30. The van der Waals surface area contributed by atoms with Gasteiger partial charge in [-0.3, -0.25) is 4.79 Å². The van der Waals surface area contributed by atoms with Crippen molar-refractivity contribution in [3.8, 4) is 24.7 Å². The van der Waals surface area contributed by atoms with Crippen molar-refractivity contribution in [2.45, 2.75) is 19.3 Å². The first kappa shape index (κ1) is 10.5. The van der Waals surface area contributed by atoms with E-state index in [0.717, 1.165) is 12.8 Å². The van der Waals surface area contributed by atoms with Gasteiger partial charge in [0, 0.05) is 12.0 Å². The molecule has 0 amide bonds. The predicted octanol–water partition coefficient (Wildman–Crippen LogP) is 2.03. The molecular weight excluding hydrogens is 198 g/mol. The third-order valence-corrected chi connectivity index (χ3v) is 2.61. The lowest BCUT2D eigenvalue weighted by molar-refractivity contribution is 0.0976. The second-order valence-electron chi connectivity index (χ2n) is 3.99. The van der Waals surface area contributed by atoms with Crippen molar-refractivity contribution in [3.63, 3.8) is 0 Å². The van der Waals surface area contributed by atoms with E-state index in [4.69, 9.17) is 12.8 Å². The molecule has 0 saturated heterocycles. The second kappa shape index (κ2) is 4.21. The standard InChI is InChI=1S/C14H11NO/c1-3-12-8-11(9-13(4-2)15-12)14(16)7-10-5-6-10/h1-2,8-10H,5-7H2. The van der Waals surface area contributed by atoms with E-state index in [0.29, 0.717) is 29.3 Å². The maximum Gasteiger partial charge on any atom is 0.163 e. The largest absolute Gasteiger partial charge is 0.294 e. The van der Waals surface area contributed by atoms with Crippen LogP contribution in [0.15, 0.2) is 12.1 Å². The fourth-order valence-electron chi connectivity index (χ4n) is 1.54. The van der Waals surface area contributed by atoms with E-state index in [2.05, 4.69) is 16.8 Å². The number of rotatable bonds is 3. The Morgan fingerprint density at radius 2 is 1.88 bits per heavy atom. The SMILES string of the molecule is C#Cc1cc(C(=O)CC2CC2)cc(C#C)n1. The Balaban J connectivity index is 2.29. The summed E-state index contributed by atoms with van der Waals surface area (Å²) in [7, 11) is 0. The summed E-state index contributed by atoms with van der Waals surface area (Å²) in [4.78, 5) is 15.9. The molecule has 78 valence electrons. The molecule has 0 atom stereocenters. The summed E-state index contributed by atoms with van der Waals surface area (Å²) >= 11 is 0. The Bertz CT molecular complexity index is 480. The molecule has 1 saturated carbocycles. The molecule has 0 unspecified atom stereocenters. The highest BCUT2D eigenvalue weighted by molar-refractivity contribution is 5.96. The van der Waals surface area contributed by atoms with Gasteiger partial charge in [0.2, 0.25) is 0 Å². The van der Waals surface area contributed by atoms with Crippen LogP contribution in [0.1, 0.15) is 41.0 Å². The van der Waals surface area contributed by atoms with E-state index in [1.807, 2.05) is 0 Å². The summed E-state index contributed by atoms with van der Waals surface area (Å²) in [6, 6.07) is 3.26. The van der Waals surface area contributed by atoms with Gasteiger partial charge >= 0.3 is 0 Å². The van der Waals surface area contributed by atoms with Crippen molar-refractivity contribution in [1.29, 1.82) is 0 Å². The molecule has 2 rings (SSSR count). The van der Waals surface area contributed by atoms with Crippen molar-refractivity contribution < 1.29 is 4.79 Å². The number of carbonyl (C=O) groups excluding carboxylic acids is 1. The van der Waals surface area contributed by atoms with Gasteiger partial charge < -0.3 is 0 Å². The normalized spacial score (nSPS) is 13.9. The molecule has 1 heterocycles. The maximum absolute atomic E-state index is 11.9. The van der Waals surface area contributed by atoms with Crippen molar-refractivity contribution in [2.75, 3.05) is 0 Å². The molecule has 0 spiro atoms. The monoisotopic (exact) mass is 209 g/mol. The van der Waals surface area contributed by atoms with E-state index >= 15 is 0 Å². The zero-order valence-corrected chi connectivity index (χ0v) is 8.86. The lowest BCUT2D eigenvalue weighted by Gasteiger charge is -2.01. The number of aromatic nitrogens is 1. The van der Waals surface area contributed by atoms with Crippen LogP contribution in [0.2, 0.25) is 0 Å². The Labute approximate surface area is 95.1 Å². The van der Waals surface area contributed by atoms with Crippen molar-refractivity contribution in [1.82, 2.24) is 4.98 Å². The molecule has 1 aliphatic rings. The van der Waals surface area contributed by atoms with Gasteiger partial charge in [0.05, 0.1) is 0 Å². The summed E-state index contributed by atoms with van der Waals surface area (Å²) < 4.78 is 0. The van der Waals surface area contributed by atoms with E-state index in [-0.39, 0.29) is 5.78 Å². The highest BCUT2D eigenvalue weighted by Gasteiger charge is 2.25. The minimum Gasteiger partial charge on any atom is -0.294 e. The van der Waals surface area contributed by atoms with Gasteiger partial charge in [0.1, 0.15) is 11.4 Å². The Morgan fingerprint density at radius 1 is 1.31 bits per heavy atom. The fourth-order valence-corrected chi connectivity index (χ4v) is 1.54. The Kier molecular flexibility index (Phi) is 2.75. The van der Waals surface area contributed by atoms with Crippen molar-refractivity contribution in [3.05, 3.63) is 29.1 Å². The van der Waals surface area contributed by atoms with Crippen LogP contribution in [0.25, 0.3) is 0 Å². The highest BCUT2D eigenvalue weighted by Crippen LogP contribution is 2.33. The van der Waals surface area contributed by atoms with Crippen molar-refractivity contribution in [2.24, 2.45) is 5.92 Å². The van der Waals surface area contributed by atoms with Gasteiger partial charge in [-0.15, -0.1) is 12.8 Å². The van der Waals surface area contributed by atoms with Crippen LogP contribution in [0, 0.1) is 30.6 Å². The molecular formula is C14H11NO. The first-order valence-electron chi connectivity index (χ1n) is 5.21. The molecule has 0 aliphatic heterocycles. The first-order valence-corrected chi connectivity index (χ1v) is 5.21. The number of terminal acetylenes is 2. The zero-order valence-electron chi connectivity index (χ0n) is 8.86. The van der Waals surface area contributed by atoms with Crippen LogP contribution in [0.4, 0.5) is 0 Å². The quantitative estimate of drug-likeness (QED) is 0.563. The van der Waals surface area contributed by atoms with Gasteiger partial charge in [0.15, 0.2) is 5.78 Å². The molecule has 1 aliphatic carbocycles. The number of carbonyl (C=O) groups is 1. The Morgan fingerprint density at radius 3 is 2.31 bits per heavy atom. The molecule has 1 aromatic heterocycles. The van der Waals surface area contributed by atoms with Gasteiger partial charge in [-0.1, -0.05) is 11.8 Å². The van der Waals surface area contributed by atoms with E-state index in [1.54, 1.807) is 12.1 Å². The third-order valence-electron chi connectivity index (χ3n) is 2.61. The molecule has 0 aromatic carbocycles. The minimum absolute atomic E-state index is 0.109. The summed E-state index contributed by atoms with van der Waals surface area (Å²) in [5, 5.41) is 0. The molecule has 1 aromatic rings.